The summed E-state index contributed by atoms with van der Waals surface area (Å²) in [5.74, 6) is 0.303. The minimum Gasteiger partial charge on any atom is -0.493 e. The number of anilines is 1. The molecule has 4 aromatic rings. The van der Waals surface area contributed by atoms with E-state index in [1.165, 1.54) is 25.5 Å². The minimum absolute atomic E-state index is 0.0731. The number of ether oxygens (including phenoxy) is 2. The summed E-state index contributed by atoms with van der Waals surface area (Å²) in [7, 11) is -2.49. The van der Waals surface area contributed by atoms with Crippen molar-refractivity contribution in [2.75, 3.05) is 18.0 Å². The number of methoxy groups -OCH3 is 1. The van der Waals surface area contributed by atoms with Crippen molar-refractivity contribution in [2.24, 2.45) is 5.10 Å². The Labute approximate surface area is 246 Å². The number of rotatable bonds is 11. The molecule has 0 heterocycles. The van der Waals surface area contributed by atoms with E-state index in [0.29, 0.717) is 32.2 Å². The summed E-state index contributed by atoms with van der Waals surface area (Å²) in [6.45, 7) is -0.234. The maximum absolute atomic E-state index is 13.3. The number of hydrogen-bond donors (Lipinski definition) is 1. The molecule has 0 unspecified atom stereocenters. The van der Waals surface area contributed by atoms with E-state index in [-0.39, 0.29) is 11.5 Å². The Kier molecular flexibility index (Phi) is 9.81. The Morgan fingerprint density at radius 2 is 1.65 bits per heavy atom. The second-order valence-electron chi connectivity index (χ2n) is 8.37. The number of nitrogens with zero attached hydrogens (tertiary/aromatic N) is 2. The van der Waals surface area contributed by atoms with Crippen LogP contribution in [-0.2, 0) is 21.4 Å². The zero-order valence-corrected chi connectivity index (χ0v) is 24.5. The molecular weight excluding hydrogens is 618 g/mol. The number of carbonyl (C=O) groups excluding carboxylic acids is 1. The van der Waals surface area contributed by atoms with Crippen molar-refractivity contribution in [3.8, 4) is 11.5 Å². The quantitative estimate of drug-likeness (QED) is 0.159. The molecule has 0 saturated carbocycles. The Morgan fingerprint density at radius 1 is 1.00 bits per heavy atom. The normalized spacial score (nSPS) is 11.3. The Morgan fingerprint density at radius 3 is 2.33 bits per heavy atom. The number of carbonyl (C=O) groups is 1. The van der Waals surface area contributed by atoms with Gasteiger partial charge in [-0.3, -0.25) is 9.10 Å². The molecule has 0 bridgehead atoms. The van der Waals surface area contributed by atoms with E-state index < -0.39 is 22.5 Å². The fourth-order valence-electron chi connectivity index (χ4n) is 3.69. The largest absolute Gasteiger partial charge is 0.493 e. The lowest BCUT2D eigenvalue weighted by Gasteiger charge is -2.23. The van der Waals surface area contributed by atoms with Crippen LogP contribution in [-0.4, -0.2) is 34.2 Å². The van der Waals surface area contributed by atoms with Crippen LogP contribution < -0.4 is 19.2 Å². The van der Waals surface area contributed by atoms with Crippen LogP contribution in [0.2, 0.25) is 5.02 Å². The smallest absolute Gasteiger partial charge is 0.264 e. The predicted molar refractivity (Wildman–Crippen MR) is 160 cm³/mol. The summed E-state index contributed by atoms with van der Waals surface area (Å²) in [4.78, 5) is 12.9. The van der Waals surface area contributed by atoms with Gasteiger partial charge >= 0.3 is 0 Å². The first-order valence-corrected chi connectivity index (χ1v) is 14.6. The summed E-state index contributed by atoms with van der Waals surface area (Å²) in [6.07, 6.45) is 1.42. The zero-order valence-electron chi connectivity index (χ0n) is 21.3. The van der Waals surface area contributed by atoms with Gasteiger partial charge < -0.3 is 9.47 Å². The lowest BCUT2D eigenvalue weighted by atomic mass is 10.2. The molecule has 0 saturated heterocycles. The number of benzene rings is 4. The zero-order chi connectivity index (χ0) is 28.5. The molecule has 0 fully saturated rings. The summed E-state index contributed by atoms with van der Waals surface area (Å²) >= 11 is 9.72. The lowest BCUT2D eigenvalue weighted by molar-refractivity contribution is -0.119. The molecule has 4 rings (SSSR count). The van der Waals surface area contributed by atoms with Crippen molar-refractivity contribution in [1.82, 2.24) is 5.43 Å². The van der Waals surface area contributed by atoms with Crippen LogP contribution in [0.25, 0.3) is 0 Å². The third-order valence-corrected chi connectivity index (χ3v) is 8.39. The van der Waals surface area contributed by atoms with E-state index >= 15 is 0 Å². The molecule has 0 aromatic heterocycles. The van der Waals surface area contributed by atoms with E-state index in [2.05, 4.69) is 26.5 Å². The van der Waals surface area contributed by atoms with Gasteiger partial charge in [-0.05, 0) is 64.0 Å². The SMILES string of the molecule is COc1cc(/C=N\NC(=O)CN(c2ccccc2)S(=O)(=O)c2ccccc2)cc(Br)c1OCc1ccccc1Cl. The van der Waals surface area contributed by atoms with Gasteiger partial charge in [0.25, 0.3) is 15.9 Å². The van der Waals surface area contributed by atoms with Crippen molar-refractivity contribution in [3.05, 3.63) is 118 Å². The predicted octanol–water partition coefficient (Wildman–Crippen LogP) is 6.04. The van der Waals surface area contributed by atoms with Gasteiger partial charge in [0, 0.05) is 10.6 Å². The molecule has 1 N–H and O–H groups in total. The number of hydrazone groups is 1. The number of para-hydroxylation sites is 1. The second-order valence-corrected chi connectivity index (χ2v) is 11.5. The molecule has 40 heavy (non-hydrogen) atoms. The van der Waals surface area contributed by atoms with Crippen LogP contribution in [0.3, 0.4) is 0 Å². The van der Waals surface area contributed by atoms with Crippen LogP contribution in [0.1, 0.15) is 11.1 Å². The first-order chi connectivity index (χ1) is 19.3. The summed E-state index contributed by atoms with van der Waals surface area (Å²) in [5.41, 5.74) is 4.18. The van der Waals surface area contributed by atoms with Gasteiger partial charge in [0.15, 0.2) is 11.5 Å². The molecule has 0 atom stereocenters. The molecule has 0 aliphatic rings. The molecule has 0 spiro atoms. The number of sulfonamides is 1. The lowest BCUT2D eigenvalue weighted by Crippen LogP contribution is -2.39. The third-order valence-electron chi connectivity index (χ3n) is 5.65. The van der Waals surface area contributed by atoms with Crippen LogP contribution >= 0.6 is 27.5 Å². The molecule has 4 aromatic carbocycles. The average Bonchev–Trinajstić information content (AvgIpc) is 2.96. The van der Waals surface area contributed by atoms with Crippen molar-refractivity contribution in [2.45, 2.75) is 11.5 Å². The molecule has 0 radical (unpaired) electrons. The van der Waals surface area contributed by atoms with E-state index in [1.807, 2.05) is 18.2 Å². The van der Waals surface area contributed by atoms with Crippen LogP contribution in [0.5, 0.6) is 11.5 Å². The first-order valence-electron chi connectivity index (χ1n) is 12.0. The summed E-state index contributed by atoms with van der Waals surface area (Å²) in [6, 6.07) is 27.2. The maximum Gasteiger partial charge on any atom is 0.264 e. The Balaban J connectivity index is 1.47. The van der Waals surface area contributed by atoms with Crippen molar-refractivity contribution >= 4 is 55.4 Å². The van der Waals surface area contributed by atoms with Crippen LogP contribution in [0.15, 0.2) is 112 Å². The average molecular weight is 643 g/mol. The summed E-state index contributed by atoms with van der Waals surface area (Å²) in [5, 5.41) is 4.61. The molecule has 206 valence electrons. The molecule has 8 nitrogen and oxygen atoms in total. The fraction of sp³-hybridized carbons (Fsp3) is 0.103. The van der Waals surface area contributed by atoms with Crippen LogP contribution in [0, 0.1) is 0 Å². The number of amides is 1. The van der Waals surface area contributed by atoms with Crippen molar-refractivity contribution < 1.29 is 22.7 Å². The Bertz CT molecular complexity index is 1600. The maximum atomic E-state index is 13.3. The van der Waals surface area contributed by atoms with E-state index in [0.717, 1.165) is 9.87 Å². The monoisotopic (exact) mass is 641 g/mol. The molecule has 0 aliphatic heterocycles. The van der Waals surface area contributed by atoms with Crippen LogP contribution in [0.4, 0.5) is 5.69 Å². The highest BCUT2D eigenvalue weighted by molar-refractivity contribution is 9.10. The van der Waals surface area contributed by atoms with E-state index in [4.69, 9.17) is 21.1 Å². The molecule has 0 aliphatic carbocycles. The topological polar surface area (TPSA) is 97.3 Å². The highest BCUT2D eigenvalue weighted by Gasteiger charge is 2.26. The standard InChI is InChI=1S/C29H25BrClN3O5S/c1-38-27-17-21(16-25(30)29(27)39-20-22-10-8-9-15-26(22)31)18-32-33-28(35)19-34(23-11-4-2-5-12-23)40(36,37)24-13-6-3-7-14-24/h2-18H,19-20H2,1H3,(H,33,35)/b32-18-. The highest BCUT2D eigenvalue weighted by Crippen LogP contribution is 2.37. The Hall–Kier alpha value is -3.86. The van der Waals surface area contributed by atoms with Gasteiger partial charge in [-0.25, -0.2) is 13.8 Å². The van der Waals surface area contributed by atoms with Gasteiger partial charge in [-0.1, -0.05) is 66.2 Å². The second kappa shape index (κ2) is 13.5. The summed E-state index contributed by atoms with van der Waals surface area (Å²) < 4.78 is 39.7. The molecular formula is C29H25BrClN3O5S. The van der Waals surface area contributed by atoms with Gasteiger partial charge in [-0.2, -0.15) is 5.10 Å². The van der Waals surface area contributed by atoms with Gasteiger partial charge in [0.1, 0.15) is 13.2 Å². The highest BCUT2D eigenvalue weighted by atomic mass is 79.9. The first kappa shape index (κ1) is 29.1. The molecule has 1 amide bonds. The van der Waals surface area contributed by atoms with E-state index in [1.54, 1.807) is 66.7 Å². The van der Waals surface area contributed by atoms with E-state index in [9.17, 15) is 13.2 Å². The number of hydrogen-bond acceptors (Lipinski definition) is 6. The number of nitrogens with one attached hydrogen (secondary N) is 1. The van der Waals surface area contributed by atoms with Crippen molar-refractivity contribution in [1.29, 1.82) is 0 Å². The minimum atomic E-state index is -4.00. The van der Waals surface area contributed by atoms with Gasteiger partial charge in [0.2, 0.25) is 0 Å². The fourth-order valence-corrected chi connectivity index (χ4v) is 5.90. The molecule has 11 heteroatoms. The van der Waals surface area contributed by atoms with Crippen molar-refractivity contribution in [3.63, 3.8) is 0 Å². The number of halogens is 2. The third kappa shape index (κ3) is 7.20. The van der Waals surface area contributed by atoms with Gasteiger partial charge in [0.05, 0.1) is 28.4 Å². The van der Waals surface area contributed by atoms with Gasteiger partial charge in [-0.15, -0.1) is 0 Å².